The molecule has 3 aromatic rings. The highest BCUT2D eigenvalue weighted by molar-refractivity contribution is 5.85. The normalized spacial score (nSPS) is 15.4. The van der Waals surface area contributed by atoms with Crippen LogP contribution in [0.4, 0.5) is 30.7 Å². The highest BCUT2D eigenvalue weighted by atomic mass is 19.4. The third-order valence-corrected chi connectivity index (χ3v) is 6.06. The van der Waals surface area contributed by atoms with Crippen molar-refractivity contribution in [3.05, 3.63) is 58.4 Å². The first-order valence-electron chi connectivity index (χ1n) is 11.0. The van der Waals surface area contributed by atoms with E-state index in [2.05, 4.69) is 10.1 Å². The van der Waals surface area contributed by atoms with Gasteiger partial charge in [-0.3, -0.25) is 9.69 Å². The number of halogens is 7. The predicted molar refractivity (Wildman–Crippen MR) is 115 cm³/mol. The highest BCUT2D eigenvalue weighted by Crippen LogP contribution is 2.33. The van der Waals surface area contributed by atoms with E-state index in [0.717, 1.165) is 16.8 Å². The Kier molecular flexibility index (Phi) is 7.21. The fourth-order valence-electron chi connectivity index (χ4n) is 4.29. The second-order valence-corrected chi connectivity index (χ2v) is 8.53. The fourth-order valence-corrected chi connectivity index (χ4v) is 4.29. The molecule has 0 atom stereocenters. The molecule has 0 aliphatic carbocycles. The molecular weight excluding hydrogens is 495 g/mol. The molecule has 0 unspecified atom stereocenters. The molecule has 1 amide bonds. The summed E-state index contributed by atoms with van der Waals surface area (Å²) in [5.74, 6) is -0.402. The monoisotopic (exact) mass is 517 g/mol. The summed E-state index contributed by atoms with van der Waals surface area (Å²) in [5.41, 5.74) is -1.73. The predicted octanol–water partition coefficient (Wildman–Crippen LogP) is 4.98. The molecule has 4 rings (SSSR count). The number of amides is 1. The molecule has 0 spiro atoms. The first-order valence-corrected chi connectivity index (χ1v) is 11.0. The van der Waals surface area contributed by atoms with Crippen LogP contribution in [0.25, 0.3) is 11.0 Å². The summed E-state index contributed by atoms with van der Waals surface area (Å²) in [4.78, 5) is 20.1. The zero-order valence-corrected chi connectivity index (χ0v) is 19.1. The molecule has 0 saturated carbocycles. The van der Waals surface area contributed by atoms with Crippen molar-refractivity contribution in [2.75, 3.05) is 26.2 Å². The van der Waals surface area contributed by atoms with Crippen LogP contribution < -0.4 is 0 Å². The number of carbonyl (C=O) groups is 1. The number of rotatable bonds is 6. The van der Waals surface area contributed by atoms with Gasteiger partial charge in [0.05, 0.1) is 16.6 Å². The van der Waals surface area contributed by atoms with E-state index in [9.17, 15) is 35.5 Å². The van der Waals surface area contributed by atoms with E-state index in [1.54, 1.807) is 6.07 Å². The average Bonchev–Trinajstić information content (AvgIpc) is 3.13. The smallest absolute Gasteiger partial charge is 0.339 e. The molecule has 13 heteroatoms. The van der Waals surface area contributed by atoms with Gasteiger partial charge in [-0.25, -0.2) is 27.2 Å². The minimum atomic E-state index is -4.43. The number of benzene rings is 1. The summed E-state index contributed by atoms with van der Waals surface area (Å²) in [7, 11) is 0. The molecule has 36 heavy (non-hydrogen) atoms. The van der Waals surface area contributed by atoms with Gasteiger partial charge in [-0.05, 0) is 24.6 Å². The molecule has 194 valence electrons. The number of piperazine rings is 1. The zero-order chi connectivity index (χ0) is 26.2. The molecular formula is C23H22F7N5O. The summed E-state index contributed by atoms with van der Waals surface area (Å²) < 4.78 is 93.4. The second kappa shape index (κ2) is 10.0. The van der Waals surface area contributed by atoms with Gasteiger partial charge in [0.15, 0.2) is 5.65 Å². The Hall–Kier alpha value is -3.22. The van der Waals surface area contributed by atoms with Crippen molar-refractivity contribution in [2.24, 2.45) is 0 Å². The first-order chi connectivity index (χ1) is 16.9. The van der Waals surface area contributed by atoms with Crippen LogP contribution >= 0.6 is 0 Å². The van der Waals surface area contributed by atoms with Gasteiger partial charge in [-0.2, -0.15) is 18.3 Å². The first kappa shape index (κ1) is 25.9. The van der Waals surface area contributed by atoms with Crippen LogP contribution in [0.3, 0.4) is 0 Å². The van der Waals surface area contributed by atoms with Gasteiger partial charge in [0, 0.05) is 38.3 Å². The van der Waals surface area contributed by atoms with E-state index in [4.69, 9.17) is 0 Å². The van der Waals surface area contributed by atoms with Gasteiger partial charge >= 0.3 is 6.18 Å². The minimum Gasteiger partial charge on any atom is -0.339 e. The van der Waals surface area contributed by atoms with Crippen LogP contribution in [-0.4, -0.2) is 56.7 Å². The van der Waals surface area contributed by atoms with Gasteiger partial charge in [0.1, 0.15) is 12.2 Å². The van der Waals surface area contributed by atoms with Crippen molar-refractivity contribution >= 4 is 16.9 Å². The number of hydrogen-bond donors (Lipinski definition) is 0. The van der Waals surface area contributed by atoms with E-state index in [-0.39, 0.29) is 42.9 Å². The third-order valence-electron chi connectivity index (χ3n) is 6.06. The number of fused-ring (bicyclic) bond motifs is 1. The molecule has 1 saturated heterocycles. The maximum atomic E-state index is 13.5. The summed E-state index contributed by atoms with van der Waals surface area (Å²) in [6.45, 7) is 2.73. The molecule has 1 aliphatic heterocycles. The molecule has 0 bridgehead atoms. The molecule has 1 fully saturated rings. The van der Waals surface area contributed by atoms with Crippen molar-refractivity contribution in [1.82, 2.24) is 24.6 Å². The van der Waals surface area contributed by atoms with Gasteiger partial charge < -0.3 is 4.90 Å². The lowest BCUT2D eigenvalue weighted by Crippen LogP contribution is -2.49. The van der Waals surface area contributed by atoms with Crippen molar-refractivity contribution in [3.63, 3.8) is 0 Å². The van der Waals surface area contributed by atoms with Gasteiger partial charge in [0.2, 0.25) is 5.91 Å². The Morgan fingerprint density at radius 3 is 2.33 bits per heavy atom. The van der Waals surface area contributed by atoms with E-state index < -0.39 is 41.8 Å². The highest BCUT2D eigenvalue weighted by Gasteiger charge is 2.31. The third kappa shape index (κ3) is 5.45. The molecule has 1 aliphatic rings. The quantitative estimate of drug-likeness (QED) is 0.433. The van der Waals surface area contributed by atoms with E-state index in [0.29, 0.717) is 24.7 Å². The molecule has 2 aromatic heterocycles. The van der Waals surface area contributed by atoms with Crippen LogP contribution in [0, 0.1) is 6.92 Å². The molecule has 0 radical (unpaired) electrons. The molecule has 1 aromatic carbocycles. The number of aromatic nitrogens is 3. The summed E-state index contributed by atoms with van der Waals surface area (Å²) >= 11 is 0. The maximum Gasteiger partial charge on any atom is 0.416 e. The van der Waals surface area contributed by atoms with Crippen LogP contribution in [-0.2, 0) is 24.1 Å². The lowest BCUT2D eigenvalue weighted by atomic mass is 10.1. The maximum absolute atomic E-state index is 13.5. The number of carbonyl (C=O) groups excluding carboxylic acids is 1. The molecule has 6 nitrogen and oxygen atoms in total. The fraction of sp³-hybridized carbons (Fsp3) is 0.435. The molecule has 3 heterocycles. The summed E-state index contributed by atoms with van der Waals surface area (Å²) in [5, 5.41) is 4.03. The number of aryl methyl sites for hydroxylation is 1. The summed E-state index contributed by atoms with van der Waals surface area (Å²) in [6, 6.07) is 5.71. The average molecular weight is 517 g/mol. The largest absolute Gasteiger partial charge is 0.416 e. The SMILES string of the molecule is Cc1nn(CC(=O)N2CCN(Cc3cccc(C(F)(F)F)c3)CC2)c2nc(C(F)F)cc(C(F)F)c12. The van der Waals surface area contributed by atoms with Crippen LogP contribution in [0.2, 0.25) is 0 Å². The van der Waals surface area contributed by atoms with Crippen molar-refractivity contribution in [2.45, 2.75) is 39.0 Å². The Morgan fingerprint density at radius 1 is 1.03 bits per heavy atom. The topological polar surface area (TPSA) is 54.3 Å². The summed E-state index contributed by atoms with van der Waals surface area (Å²) in [6.07, 6.45) is -10.5. The zero-order valence-electron chi connectivity index (χ0n) is 19.1. The van der Waals surface area contributed by atoms with Gasteiger partial charge in [-0.1, -0.05) is 18.2 Å². The van der Waals surface area contributed by atoms with Crippen LogP contribution in [0.1, 0.15) is 40.9 Å². The van der Waals surface area contributed by atoms with Crippen molar-refractivity contribution < 1.29 is 35.5 Å². The minimum absolute atomic E-state index is 0.0619. The van der Waals surface area contributed by atoms with Gasteiger partial charge in [0.25, 0.3) is 12.9 Å². The van der Waals surface area contributed by atoms with E-state index in [1.807, 2.05) is 4.90 Å². The number of alkyl halides is 7. The lowest BCUT2D eigenvalue weighted by Gasteiger charge is -2.34. The number of nitrogens with zero attached hydrogens (tertiary/aromatic N) is 5. The van der Waals surface area contributed by atoms with E-state index >= 15 is 0 Å². The number of pyridine rings is 1. The lowest BCUT2D eigenvalue weighted by molar-refractivity contribution is -0.137. The standard InChI is InChI=1S/C23H22F7N5O/c1-13-19-16(20(24)25)10-17(21(26)27)31-22(19)35(32-13)12-18(36)34-7-5-33(6-8-34)11-14-3-2-4-15(9-14)23(28,29)30/h2-4,9-10,20-21H,5-8,11-12H2,1H3. The van der Waals surface area contributed by atoms with Crippen molar-refractivity contribution in [3.8, 4) is 0 Å². The number of hydrogen-bond acceptors (Lipinski definition) is 4. The van der Waals surface area contributed by atoms with Crippen LogP contribution in [0.5, 0.6) is 0 Å². The van der Waals surface area contributed by atoms with Crippen LogP contribution in [0.15, 0.2) is 30.3 Å². The Bertz CT molecular complexity index is 1250. The van der Waals surface area contributed by atoms with Crippen molar-refractivity contribution in [1.29, 1.82) is 0 Å². The Morgan fingerprint density at radius 2 is 1.72 bits per heavy atom. The Balaban J connectivity index is 1.44. The van der Waals surface area contributed by atoms with E-state index in [1.165, 1.54) is 17.9 Å². The van der Waals surface area contributed by atoms with Gasteiger partial charge in [-0.15, -0.1) is 0 Å². The Labute approximate surface area is 201 Å². The second-order valence-electron chi connectivity index (χ2n) is 8.53. The molecule has 0 N–H and O–H groups in total.